The van der Waals surface area contributed by atoms with Crippen LogP contribution < -0.4 is 5.43 Å². The lowest BCUT2D eigenvalue weighted by Crippen LogP contribution is -2.36. The average Bonchev–Trinajstić information content (AvgIpc) is 2.92. The molecule has 1 amide bonds. The molecule has 0 atom stereocenters. The molecule has 1 aliphatic rings. The normalized spacial score (nSPS) is 16.1. The maximum atomic E-state index is 12.4. The van der Waals surface area contributed by atoms with Gasteiger partial charge in [0, 0.05) is 36.0 Å². The fourth-order valence-electron chi connectivity index (χ4n) is 3.11. The highest BCUT2D eigenvalue weighted by molar-refractivity contribution is 7.99. The van der Waals surface area contributed by atoms with Crippen molar-refractivity contribution in [3.8, 4) is 0 Å². The van der Waals surface area contributed by atoms with E-state index in [1.807, 2.05) is 36.0 Å². The van der Waals surface area contributed by atoms with E-state index in [9.17, 15) is 4.79 Å². The molecule has 1 aromatic carbocycles. The zero-order chi connectivity index (χ0) is 16.2. The van der Waals surface area contributed by atoms with E-state index in [4.69, 9.17) is 4.42 Å². The van der Waals surface area contributed by atoms with Crippen LogP contribution in [-0.2, 0) is 5.75 Å². The Morgan fingerprint density at radius 2 is 2.00 bits per heavy atom. The number of carbonyl (C=O) groups excluding carboxylic acids is 1. The molecule has 0 saturated heterocycles. The number of nitrogens with one attached hydrogen (secondary N) is 1. The first-order valence-electron chi connectivity index (χ1n) is 8.25. The monoisotopic (exact) mass is 332 g/mol. The molecule has 1 N–H and O–H groups in total. The van der Waals surface area contributed by atoms with Crippen LogP contribution in [0.5, 0.6) is 0 Å². The van der Waals surface area contributed by atoms with Crippen molar-refractivity contribution in [2.75, 3.05) is 14.1 Å². The fraction of sp³-hybridized carbons (Fsp3) is 0.500. The number of carbonyl (C=O) groups is 1. The summed E-state index contributed by atoms with van der Waals surface area (Å²) < 4.78 is 5.85. The van der Waals surface area contributed by atoms with Crippen molar-refractivity contribution in [1.29, 1.82) is 0 Å². The Morgan fingerprint density at radius 3 is 2.74 bits per heavy atom. The Kier molecular flexibility index (Phi) is 5.28. The van der Waals surface area contributed by atoms with Gasteiger partial charge in [0.25, 0.3) is 0 Å². The summed E-state index contributed by atoms with van der Waals surface area (Å²) in [7, 11) is 3.61. The third-order valence-corrected chi connectivity index (χ3v) is 5.64. The van der Waals surface area contributed by atoms with Gasteiger partial charge in [-0.1, -0.05) is 37.5 Å². The summed E-state index contributed by atoms with van der Waals surface area (Å²) >= 11 is 1.97. The zero-order valence-corrected chi connectivity index (χ0v) is 14.6. The molecule has 0 spiro atoms. The zero-order valence-electron chi connectivity index (χ0n) is 13.8. The van der Waals surface area contributed by atoms with Gasteiger partial charge in [0.1, 0.15) is 5.58 Å². The molecular formula is C18H24N2O2S. The topological polar surface area (TPSA) is 45.5 Å². The van der Waals surface area contributed by atoms with Crippen LogP contribution in [0.15, 0.2) is 28.7 Å². The number of hydrazine groups is 1. The molecule has 1 aromatic heterocycles. The van der Waals surface area contributed by atoms with Crippen molar-refractivity contribution >= 4 is 28.6 Å². The van der Waals surface area contributed by atoms with Crippen LogP contribution in [-0.4, -0.2) is 30.3 Å². The summed E-state index contributed by atoms with van der Waals surface area (Å²) in [6, 6.07) is 7.91. The number of amides is 1. The highest BCUT2D eigenvalue weighted by Crippen LogP contribution is 2.34. The van der Waals surface area contributed by atoms with Crippen molar-refractivity contribution in [2.24, 2.45) is 0 Å². The van der Waals surface area contributed by atoms with E-state index in [0.717, 1.165) is 22.3 Å². The van der Waals surface area contributed by atoms with Crippen molar-refractivity contribution in [1.82, 2.24) is 10.4 Å². The molecule has 1 saturated carbocycles. The second kappa shape index (κ2) is 7.41. The lowest BCUT2D eigenvalue weighted by Gasteiger charge is -2.21. The molecule has 2 aromatic rings. The lowest BCUT2D eigenvalue weighted by atomic mass is 10.0. The predicted molar refractivity (Wildman–Crippen MR) is 95.5 cm³/mol. The van der Waals surface area contributed by atoms with Crippen molar-refractivity contribution in [3.05, 3.63) is 35.6 Å². The van der Waals surface area contributed by atoms with Crippen LogP contribution in [0.25, 0.3) is 11.0 Å². The first-order valence-corrected chi connectivity index (χ1v) is 9.30. The van der Waals surface area contributed by atoms with E-state index in [2.05, 4.69) is 5.43 Å². The maximum absolute atomic E-state index is 12.4. The van der Waals surface area contributed by atoms with E-state index in [0.29, 0.717) is 11.0 Å². The van der Waals surface area contributed by atoms with E-state index in [1.165, 1.54) is 32.1 Å². The number of fused-ring (bicyclic) bond motifs is 1. The average molecular weight is 332 g/mol. The third kappa shape index (κ3) is 3.90. The van der Waals surface area contributed by atoms with Crippen LogP contribution in [0.2, 0.25) is 0 Å². The summed E-state index contributed by atoms with van der Waals surface area (Å²) in [4.78, 5) is 12.4. The van der Waals surface area contributed by atoms with Crippen LogP contribution in [0, 0.1) is 0 Å². The van der Waals surface area contributed by atoms with Gasteiger partial charge in [0.2, 0.25) is 0 Å². The van der Waals surface area contributed by atoms with Gasteiger partial charge in [-0.25, -0.2) is 5.01 Å². The number of thioether (sulfide) groups is 1. The van der Waals surface area contributed by atoms with Gasteiger partial charge in [-0.2, -0.15) is 11.8 Å². The second-order valence-electron chi connectivity index (χ2n) is 6.31. The summed E-state index contributed by atoms with van der Waals surface area (Å²) in [6.07, 6.45) is 6.61. The standard InChI is InChI=1S/C18H24N2O2S/c1-20(2)19-18(21)17-15(12-23-13-8-4-3-5-9-13)14-10-6-7-11-16(14)22-17/h6-7,10-11,13H,3-5,8-9,12H2,1-2H3,(H,19,21). The van der Waals surface area contributed by atoms with Gasteiger partial charge >= 0.3 is 5.91 Å². The molecule has 1 aliphatic carbocycles. The summed E-state index contributed by atoms with van der Waals surface area (Å²) in [5, 5.41) is 3.41. The summed E-state index contributed by atoms with van der Waals surface area (Å²) in [5.74, 6) is 1.10. The molecule has 0 unspecified atom stereocenters. The van der Waals surface area contributed by atoms with Gasteiger partial charge in [0.15, 0.2) is 5.76 Å². The molecule has 0 aliphatic heterocycles. The third-order valence-electron chi connectivity index (χ3n) is 4.25. The smallest absolute Gasteiger partial charge is 0.301 e. The van der Waals surface area contributed by atoms with Crippen LogP contribution in [0.3, 0.4) is 0 Å². The molecule has 0 radical (unpaired) electrons. The Balaban J connectivity index is 1.84. The summed E-state index contributed by atoms with van der Waals surface area (Å²) in [6.45, 7) is 0. The van der Waals surface area contributed by atoms with Crippen molar-refractivity contribution < 1.29 is 9.21 Å². The van der Waals surface area contributed by atoms with E-state index < -0.39 is 0 Å². The van der Waals surface area contributed by atoms with Crippen molar-refractivity contribution in [2.45, 2.75) is 43.1 Å². The number of rotatable bonds is 5. The van der Waals surface area contributed by atoms with E-state index in [1.54, 1.807) is 19.1 Å². The second-order valence-corrected chi connectivity index (χ2v) is 7.60. The van der Waals surface area contributed by atoms with Gasteiger partial charge in [-0.05, 0) is 18.9 Å². The quantitative estimate of drug-likeness (QED) is 0.833. The molecular weight excluding hydrogens is 308 g/mol. The van der Waals surface area contributed by atoms with E-state index in [-0.39, 0.29) is 5.91 Å². The largest absolute Gasteiger partial charge is 0.451 e. The van der Waals surface area contributed by atoms with Crippen LogP contribution in [0.1, 0.15) is 48.2 Å². The maximum Gasteiger partial charge on any atom is 0.301 e. The minimum absolute atomic E-state index is 0.176. The molecule has 1 fully saturated rings. The molecule has 5 heteroatoms. The van der Waals surface area contributed by atoms with Crippen LogP contribution >= 0.6 is 11.8 Å². The Labute approximate surface area is 141 Å². The Bertz CT molecular complexity index is 675. The molecule has 124 valence electrons. The minimum Gasteiger partial charge on any atom is -0.451 e. The number of furan rings is 1. The molecule has 23 heavy (non-hydrogen) atoms. The number of hydrogen-bond donors (Lipinski definition) is 1. The first kappa shape index (κ1) is 16.4. The molecule has 4 nitrogen and oxygen atoms in total. The first-order chi connectivity index (χ1) is 11.1. The molecule has 1 heterocycles. The number of hydrogen-bond acceptors (Lipinski definition) is 4. The molecule has 0 bridgehead atoms. The summed E-state index contributed by atoms with van der Waals surface area (Å²) in [5.41, 5.74) is 4.60. The fourth-order valence-corrected chi connectivity index (χ4v) is 4.47. The number of para-hydroxylation sites is 1. The van der Waals surface area contributed by atoms with Crippen molar-refractivity contribution in [3.63, 3.8) is 0 Å². The Morgan fingerprint density at radius 1 is 1.26 bits per heavy atom. The van der Waals surface area contributed by atoms with Gasteiger partial charge in [-0.3, -0.25) is 10.2 Å². The number of nitrogens with zero attached hydrogens (tertiary/aromatic N) is 1. The minimum atomic E-state index is -0.176. The van der Waals surface area contributed by atoms with Gasteiger partial charge < -0.3 is 4.42 Å². The number of benzene rings is 1. The highest BCUT2D eigenvalue weighted by atomic mass is 32.2. The van der Waals surface area contributed by atoms with Gasteiger partial charge in [-0.15, -0.1) is 0 Å². The Hall–Kier alpha value is -1.46. The van der Waals surface area contributed by atoms with E-state index >= 15 is 0 Å². The predicted octanol–water partition coefficient (Wildman–Crippen LogP) is 4.21. The lowest BCUT2D eigenvalue weighted by molar-refractivity contribution is 0.0828. The molecule has 3 rings (SSSR count). The van der Waals surface area contributed by atoms with Gasteiger partial charge in [0.05, 0.1) is 0 Å². The SMILES string of the molecule is CN(C)NC(=O)c1oc2ccccc2c1CSC1CCCCC1. The highest BCUT2D eigenvalue weighted by Gasteiger charge is 2.22. The van der Waals surface area contributed by atoms with Crippen LogP contribution in [0.4, 0.5) is 0 Å².